The molecule has 0 spiro atoms. The minimum absolute atomic E-state index is 0.141. The Hall–Kier alpha value is -1.61. The summed E-state index contributed by atoms with van der Waals surface area (Å²) in [5.41, 5.74) is 0. The number of esters is 1. The maximum absolute atomic E-state index is 10.9. The highest BCUT2D eigenvalue weighted by molar-refractivity contribution is 5.69. The monoisotopic (exact) mass is 334 g/mol. The van der Waals surface area contributed by atoms with Crippen LogP contribution >= 0.6 is 0 Å². The quantitative estimate of drug-likeness (QED) is 0.203. The molecule has 0 rings (SSSR count). The van der Waals surface area contributed by atoms with Gasteiger partial charge in [0, 0.05) is 6.42 Å². The average Bonchev–Trinajstić information content (AvgIpc) is 2.58. The number of aliphatic hydroxyl groups excluding tert-OH is 1. The summed E-state index contributed by atoms with van der Waals surface area (Å²) in [4.78, 5) is 10.9. The molecular formula is C21H34O3. The predicted octanol–water partition coefficient (Wildman–Crippen LogP) is 5.28. The molecule has 0 aromatic heterocycles. The van der Waals surface area contributed by atoms with E-state index in [0.29, 0.717) is 6.42 Å². The number of unbranched alkanes of at least 4 members (excludes halogenated alkanes) is 3. The van der Waals surface area contributed by atoms with E-state index in [-0.39, 0.29) is 12.1 Å². The fraction of sp³-hybridized carbons (Fsp3) is 0.571. The molecule has 3 nitrogen and oxygen atoms in total. The number of hydrogen-bond acceptors (Lipinski definition) is 3. The topological polar surface area (TPSA) is 46.5 Å². The molecule has 0 aromatic rings. The van der Waals surface area contributed by atoms with Crippen LogP contribution in [0, 0.1) is 0 Å². The Morgan fingerprint density at radius 1 is 1.00 bits per heavy atom. The first-order chi connectivity index (χ1) is 11.7. The van der Waals surface area contributed by atoms with Crippen molar-refractivity contribution in [2.45, 2.75) is 70.8 Å². The van der Waals surface area contributed by atoms with E-state index in [1.807, 2.05) is 18.2 Å². The number of hydrogen-bond donors (Lipinski definition) is 1. The number of aliphatic hydroxyl groups is 1. The van der Waals surface area contributed by atoms with Gasteiger partial charge < -0.3 is 9.84 Å². The first-order valence-electron chi connectivity index (χ1n) is 9.08. The smallest absolute Gasteiger partial charge is 0.305 e. The van der Waals surface area contributed by atoms with E-state index in [1.165, 1.54) is 20.0 Å². The molecule has 1 atom stereocenters. The van der Waals surface area contributed by atoms with Crippen LogP contribution in [0.3, 0.4) is 0 Å². The standard InChI is InChI=1S/C21H34O3/c1-3-4-14-17-20(22)18-15-12-10-8-6-5-7-9-11-13-16-19-21(23)24-2/h5-6,9-12,15,18,20,22H,3-4,7-8,13-14,16-17,19H2,1-2H3/t20-/m0/s1. The van der Waals surface area contributed by atoms with Gasteiger partial charge in [-0.2, -0.15) is 0 Å². The molecule has 1 N–H and O–H groups in total. The zero-order chi connectivity index (χ0) is 17.9. The van der Waals surface area contributed by atoms with Crippen LogP contribution in [0.1, 0.15) is 64.7 Å². The number of rotatable bonds is 14. The van der Waals surface area contributed by atoms with Crippen molar-refractivity contribution < 1.29 is 14.6 Å². The van der Waals surface area contributed by atoms with E-state index in [1.54, 1.807) is 0 Å². The van der Waals surface area contributed by atoms with Crippen molar-refractivity contribution in [1.82, 2.24) is 0 Å². The van der Waals surface area contributed by atoms with Crippen LogP contribution < -0.4 is 0 Å². The summed E-state index contributed by atoms with van der Waals surface area (Å²) in [5, 5.41) is 9.71. The third kappa shape index (κ3) is 16.8. The molecule has 24 heavy (non-hydrogen) atoms. The normalized spacial score (nSPS) is 13.6. The third-order valence-electron chi connectivity index (χ3n) is 3.54. The molecule has 0 aromatic carbocycles. The SMILES string of the molecule is CCCCC[C@H](O)C=CC=CCC=CCC=CCCCC(=O)OC. The zero-order valence-corrected chi connectivity index (χ0v) is 15.3. The van der Waals surface area contributed by atoms with Crippen molar-refractivity contribution in [3.8, 4) is 0 Å². The van der Waals surface area contributed by atoms with E-state index in [2.05, 4.69) is 42.0 Å². The van der Waals surface area contributed by atoms with Crippen LogP contribution in [0.4, 0.5) is 0 Å². The van der Waals surface area contributed by atoms with Gasteiger partial charge in [0.15, 0.2) is 0 Å². The highest BCUT2D eigenvalue weighted by atomic mass is 16.5. The van der Waals surface area contributed by atoms with Gasteiger partial charge in [-0.25, -0.2) is 0 Å². The van der Waals surface area contributed by atoms with E-state index in [0.717, 1.165) is 38.5 Å². The molecule has 0 radical (unpaired) electrons. The minimum Gasteiger partial charge on any atom is -0.469 e. The highest BCUT2D eigenvalue weighted by Gasteiger charge is 1.97. The van der Waals surface area contributed by atoms with Crippen LogP contribution in [0.25, 0.3) is 0 Å². The Kier molecular flexibility index (Phi) is 16.5. The number of methoxy groups -OCH3 is 1. The maximum Gasteiger partial charge on any atom is 0.305 e. The molecular weight excluding hydrogens is 300 g/mol. The van der Waals surface area contributed by atoms with Gasteiger partial charge in [0.2, 0.25) is 0 Å². The van der Waals surface area contributed by atoms with Gasteiger partial charge in [-0.15, -0.1) is 0 Å². The second-order valence-electron chi connectivity index (χ2n) is 5.76. The van der Waals surface area contributed by atoms with Gasteiger partial charge >= 0.3 is 5.97 Å². The lowest BCUT2D eigenvalue weighted by Gasteiger charge is -2.02. The molecule has 0 unspecified atom stereocenters. The van der Waals surface area contributed by atoms with Crippen molar-refractivity contribution in [3.05, 3.63) is 48.6 Å². The van der Waals surface area contributed by atoms with Crippen molar-refractivity contribution in [1.29, 1.82) is 0 Å². The summed E-state index contributed by atoms with van der Waals surface area (Å²) in [6, 6.07) is 0. The molecule has 0 aliphatic rings. The summed E-state index contributed by atoms with van der Waals surface area (Å²) < 4.78 is 4.59. The summed E-state index contributed by atoms with van der Waals surface area (Å²) in [6.45, 7) is 2.17. The molecule has 0 saturated heterocycles. The van der Waals surface area contributed by atoms with Gasteiger partial charge in [0.25, 0.3) is 0 Å². The van der Waals surface area contributed by atoms with Crippen LogP contribution in [0.5, 0.6) is 0 Å². The van der Waals surface area contributed by atoms with Gasteiger partial charge in [0.1, 0.15) is 0 Å². The van der Waals surface area contributed by atoms with Gasteiger partial charge in [-0.05, 0) is 32.1 Å². The van der Waals surface area contributed by atoms with Crippen LogP contribution in [-0.4, -0.2) is 24.3 Å². The first-order valence-corrected chi connectivity index (χ1v) is 9.08. The summed E-state index contributed by atoms with van der Waals surface area (Å²) in [7, 11) is 1.42. The molecule has 3 heteroatoms. The fourth-order valence-corrected chi connectivity index (χ4v) is 2.08. The average molecular weight is 335 g/mol. The number of carbonyl (C=O) groups excluding carboxylic acids is 1. The molecule has 136 valence electrons. The highest BCUT2D eigenvalue weighted by Crippen LogP contribution is 2.04. The molecule has 0 amide bonds. The van der Waals surface area contributed by atoms with Crippen LogP contribution in [0.2, 0.25) is 0 Å². The Bertz CT molecular complexity index is 405. The molecule has 0 fully saturated rings. The second-order valence-corrected chi connectivity index (χ2v) is 5.76. The molecule has 0 bridgehead atoms. The van der Waals surface area contributed by atoms with Crippen LogP contribution in [-0.2, 0) is 9.53 Å². The first kappa shape index (κ1) is 22.4. The zero-order valence-electron chi connectivity index (χ0n) is 15.3. The molecule has 0 saturated carbocycles. The van der Waals surface area contributed by atoms with E-state index in [9.17, 15) is 9.90 Å². The fourth-order valence-electron chi connectivity index (χ4n) is 2.08. The Morgan fingerprint density at radius 3 is 2.42 bits per heavy atom. The van der Waals surface area contributed by atoms with Crippen LogP contribution in [0.15, 0.2) is 48.6 Å². The van der Waals surface area contributed by atoms with Gasteiger partial charge in [-0.3, -0.25) is 4.79 Å². The van der Waals surface area contributed by atoms with E-state index in [4.69, 9.17) is 0 Å². The molecule has 0 aliphatic heterocycles. The van der Waals surface area contributed by atoms with Crippen molar-refractivity contribution in [3.63, 3.8) is 0 Å². The lowest BCUT2D eigenvalue weighted by atomic mass is 10.1. The minimum atomic E-state index is -0.318. The second kappa shape index (κ2) is 17.7. The largest absolute Gasteiger partial charge is 0.469 e. The number of ether oxygens (including phenoxy) is 1. The van der Waals surface area contributed by atoms with Gasteiger partial charge in [-0.1, -0.05) is 74.8 Å². The summed E-state index contributed by atoms with van der Waals surface area (Å²) in [6.07, 6.45) is 24.3. The molecule has 0 heterocycles. The Balaban J connectivity index is 3.58. The van der Waals surface area contributed by atoms with Crippen molar-refractivity contribution in [2.75, 3.05) is 7.11 Å². The van der Waals surface area contributed by atoms with E-state index >= 15 is 0 Å². The van der Waals surface area contributed by atoms with Crippen molar-refractivity contribution in [2.24, 2.45) is 0 Å². The van der Waals surface area contributed by atoms with Crippen molar-refractivity contribution >= 4 is 5.97 Å². The number of allylic oxidation sites excluding steroid dienone is 7. The maximum atomic E-state index is 10.9. The lowest BCUT2D eigenvalue weighted by molar-refractivity contribution is -0.140. The van der Waals surface area contributed by atoms with E-state index < -0.39 is 0 Å². The summed E-state index contributed by atoms with van der Waals surface area (Å²) in [5.74, 6) is -0.141. The molecule has 0 aliphatic carbocycles. The number of carbonyl (C=O) groups is 1. The van der Waals surface area contributed by atoms with Gasteiger partial charge in [0.05, 0.1) is 13.2 Å². The lowest BCUT2D eigenvalue weighted by Crippen LogP contribution is -2.00. The Morgan fingerprint density at radius 2 is 1.71 bits per heavy atom. The Labute approximate surface area is 147 Å². The third-order valence-corrected chi connectivity index (χ3v) is 3.54. The summed E-state index contributed by atoms with van der Waals surface area (Å²) >= 11 is 0. The predicted molar refractivity (Wildman–Crippen MR) is 102 cm³/mol.